The number of aliphatic carboxylic acids is 1. The lowest BCUT2D eigenvalue weighted by Crippen LogP contribution is -1.97. The molecule has 0 atom stereocenters. The van der Waals surface area contributed by atoms with E-state index in [9.17, 15) is 9.59 Å². The minimum absolute atomic E-state index is 0.176. The second-order valence-corrected chi connectivity index (χ2v) is 2.04. The molecule has 0 rings (SSSR count). The van der Waals surface area contributed by atoms with Crippen molar-refractivity contribution in [2.75, 3.05) is 6.61 Å². The number of esters is 1. The molecule has 86 valence electrons. The normalized spacial score (nSPS) is 6.80. The molecule has 0 aliphatic carbocycles. The monoisotopic (exact) mass is 214 g/mol. The first-order chi connectivity index (χ1) is 6.95. The van der Waals surface area contributed by atoms with E-state index in [0.717, 1.165) is 6.08 Å². The van der Waals surface area contributed by atoms with Gasteiger partial charge in [0.05, 0.1) is 6.61 Å². The van der Waals surface area contributed by atoms with Gasteiger partial charge in [0.25, 0.3) is 0 Å². The summed E-state index contributed by atoms with van der Waals surface area (Å²) < 4.78 is 4.43. The lowest BCUT2D eigenvalue weighted by atomic mass is 10.4. The number of carbonyl (C=O) groups is 2. The minimum Gasteiger partial charge on any atom is -0.478 e. The number of hydrogen-bond donors (Lipinski definition) is 1. The maximum absolute atomic E-state index is 10.1. The van der Waals surface area contributed by atoms with Crippen LogP contribution in [-0.4, -0.2) is 23.7 Å². The Bertz CT molecular complexity index is 207. The second kappa shape index (κ2) is 14.7. The molecule has 15 heavy (non-hydrogen) atoms. The fraction of sp³-hybridized carbons (Fsp3) is 0.273. The van der Waals surface area contributed by atoms with Crippen LogP contribution in [0.4, 0.5) is 0 Å². The molecule has 0 saturated heterocycles. The zero-order chi connectivity index (χ0) is 12.9. The summed E-state index contributed by atoms with van der Waals surface area (Å²) in [6.07, 6.45) is 1.14. The summed E-state index contributed by atoms with van der Waals surface area (Å²) >= 11 is 0. The molecule has 4 heteroatoms. The molecule has 0 aliphatic rings. The highest BCUT2D eigenvalue weighted by molar-refractivity contribution is 5.84. The molecular formula is C11H18O4. The summed E-state index contributed by atoms with van der Waals surface area (Å²) in [7, 11) is 0. The van der Waals surface area contributed by atoms with Crippen molar-refractivity contribution in [1.82, 2.24) is 0 Å². The molecule has 0 fully saturated rings. The van der Waals surface area contributed by atoms with Crippen LogP contribution in [-0.2, 0) is 14.3 Å². The molecule has 0 aromatic carbocycles. The van der Waals surface area contributed by atoms with Gasteiger partial charge in [0, 0.05) is 11.6 Å². The third-order valence-corrected chi connectivity index (χ3v) is 0.818. The van der Waals surface area contributed by atoms with Gasteiger partial charge in [-0.3, -0.25) is 0 Å². The molecule has 0 aromatic rings. The molecule has 0 bridgehead atoms. The van der Waals surface area contributed by atoms with E-state index in [4.69, 9.17) is 5.11 Å². The standard InChI is InChI=1S/C5H8O2.C4H6O2.C2H4/c1-3-5(6)7-4-2;1-3(2)4(5)6;1-2/h3H,1,4H2,2H3;1H2,2H3,(H,5,6);1-2H2. The zero-order valence-corrected chi connectivity index (χ0v) is 9.28. The van der Waals surface area contributed by atoms with E-state index >= 15 is 0 Å². The Morgan fingerprint density at radius 3 is 1.80 bits per heavy atom. The predicted molar refractivity (Wildman–Crippen MR) is 60.5 cm³/mol. The van der Waals surface area contributed by atoms with Crippen LogP contribution in [0, 0.1) is 0 Å². The van der Waals surface area contributed by atoms with Crippen molar-refractivity contribution < 1.29 is 19.4 Å². The zero-order valence-electron chi connectivity index (χ0n) is 9.28. The van der Waals surface area contributed by atoms with Crippen LogP contribution in [0.15, 0.2) is 38.0 Å². The van der Waals surface area contributed by atoms with E-state index in [1.165, 1.54) is 6.92 Å². The number of carboxylic acid groups (broad SMARTS) is 1. The van der Waals surface area contributed by atoms with Crippen LogP contribution < -0.4 is 0 Å². The molecule has 4 nitrogen and oxygen atoms in total. The Labute approximate surface area is 90.6 Å². The van der Waals surface area contributed by atoms with Gasteiger partial charge in [-0.15, -0.1) is 13.2 Å². The highest BCUT2D eigenvalue weighted by Crippen LogP contribution is 1.81. The van der Waals surface area contributed by atoms with Crippen molar-refractivity contribution >= 4 is 11.9 Å². The summed E-state index contributed by atoms with van der Waals surface area (Å²) in [5.74, 6) is -1.29. The maximum atomic E-state index is 10.1. The number of carbonyl (C=O) groups excluding carboxylic acids is 1. The van der Waals surface area contributed by atoms with Gasteiger partial charge in [-0.25, -0.2) is 9.59 Å². The Balaban J connectivity index is -0.000000166. The first-order valence-corrected chi connectivity index (χ1v) is 4.13. The Morgan fingerprint density at radius 2 is 1.73 bits per heavy atom. The van der Waals surface area contributed by atoms with Gasteiger partial charge in [-0.05, 0) is 13.8 Å². The summed E-state index contributed by atoms with van der Waals surface area (Å²) in [5.41, 5.74) is 0.176. The summed E-state index contributed by atoms with van der Waals surface area (Å²) in [5, 5.41) is 7.89. The number of hydrogen-bond acceptors (Lipinski definition) is 3. The van der Waals surface area contributed by atoms with Gasteiger partial charge in [0.15, 0.2) is 0 Å². The maximum Gasteiger partial charge on any atom is 0.330 e. The Morgan fingerprint density at radius 1 is 1.40 bits per heavy atom. The largest absolute Gasteiger partial charge is 0.478 e. The SMILES string of the molecule is C=C.C=C(C)C(=O)O.C=CC(=O)OCC. The molecule has 0 unspecified atom stereocenters. The summed E-state index contributed by atoms with van der Waals surface area (Å²) in [4.78, 5) is 19.7. The fourth-order valence-electron chi connectivity index (χ4n) is 0.201. The molecule has 0 spiro atoms. The molecule has 0 saturated carbocycles. The molecule has 0 radical (unpaired) electrons. The molecule has 0 amide bonds. The van der Waals surface area contributed by atoms with Crippen LogP contribution in [0.3, 0.4) is 0 Å². The first kappa shape index (κ1) is 18.9. The predicted octanol–water partition coefficient (Wildman–Crippen LogP) is 2.18. The van der Waals surface area contributed by atoms with Gasteiger partial charge < -0.3 is 9.84 Å². The third kappa shape index (κ3) is 24.5. The molecular weight excluding hydrogens is 196 g/mol. The van der Waals surface area contributed by atoms with Crippen molar-refractivity contribution in [2.45, 2.75) is 13.8 Å². The van der Waals surface area contributed by atoms with E-state index in [1.807, 2.05) is 0 Å². The van der Waals surface area contributed by atoms with E-state index in [0.29, 0.717) is 6.61 Å². The van der Waals surface area contributed by atoms with Crippen molar-refractivity contribution in [3.8, 4) is 0 Å². The van der Waals surface area contributed by atoms with Crippen LogP contribution in [0.5, 0.6) is 0 Å². The van der Waals surface area contributed by atoms with E-state index in [2.05, 4.69) is 31.1 Å². The minimum atomic E-state index is -0.935. The number of ether oxygens (including phenoxy) is 1. The average molecular weight is 214 g/mol. The first-order valence-electron chi connectivity index (χ1n) is 4.13. The van der Waals surface area contributed by atoms with Gasteiger partial charge in [0.2, 0.25) is 0 Å². The molecule has 0 aromatic heterocycles. The average Bonchev–Trinajstić information content (AvgIpc) is 2.22. The van der Waals surface area contributed by atoms with Crippen molar-refractivity contribution in [3.63, 3.8) is 0 Å². The van der Waals surface area contributed by atoms with Crippen LogP contribution >= 0.6 is 0 Å². The molecule has 1 N–H and O–H groups in total. The van der Waals surface area contributed by atoms with Crippen molar-refractivity contribution in [1.29, 1.82) is 0 Å². The van der Waals surface area contributed by atoms with Gasteiger partial charge in [-0.2, -0.15) is 0 Å². The van der Waals surface area contributed by atoms with E-state index in [-0.39, 0.29) is 11.5 Å². The molecule has 0 heterocycles. The van der Waals surface area contributed by atoms with Crippen molar-refractivity contribution in [2.24, 2.45) is 0 Å². The van der Waals surface area contributed by atoms with Crippen LogP contribution in [0.2, 0.25) is 0 Å². The topological polar surface area (TPSA) is 63.6 Å². The second-order valence-electron chi connectivity index (χ2n) is 2.04. The van der Waals surface area contributed by atoms with Crippen LogP contribution in [0.1, 0.15) is 13.8 Å². The lowest BCUT2D eigenvalue weighted by molar-refractivity contribution is -0.137. The smallest absolute Gasteiger partial charge is 0.330 e. The quantitative estimate of drug-likeness (QED) is 0.444. The third-order valence-electron chi connectivity index (χ3n) is 0.818. The van der Waals surface area contributed by atoms with Gasteiger partial charge in [-0.1, -0.05) is 13.2 Å². The van der Waals surface area contributed by atoms with E-state index < -0.39 is 5.97 Å². The van der Waals surface area contributed by atoms with Crippen LogP contribution in [0.25, 0.3) is 0 Å². The lowest BCUT2D eigenvalue weighted by Gasteiger charge is -1.90. The Kier molecular flexibility index (Phi) is 18.4. The highest BCUT2D eigenvalue weighted by atomic mass is 16.5. The molecule has 0 aliphatic heterocycles. The van der Waals surface area contributed by atoms with Gasteiger partial charge in [0.1, 0.15) is 0 Å². The van der Waals surface area contributed by atoms with Gasteiger partial charge >= 0.3 is 11.9 Å². The van der Waals surface area contributed by atoms with Crippen molar-refractivity contribution in [3.05, 3.63) is 38.0 Å². The fourth-order valence-corrected chi connectivity index (χ4v) is 0.201. The number of carboxylic acids is 1. The Hall–Kier alpha value is -1.84. The highest BCUT2D eigenvalue weighted by Gasteiger charge is 1.90. The number of rotatable bonds is 3. The summed E-state index contributed by atoms with van der Waals surface area (Å²) in [6, 6.07) is 0. The van der Waals surface area contributed by atoms with E-state index in [1.54, 1.807) is 6.92 Å². The summed E-state index contributed by atoms with van der Waals surface area (Å²) in [6.45, 7) is 16.0.